The molecule has 0 saturated heterocycles. The van der Waals surface area contributed by atoms with Crippen molar-refractivity contribution in [3.8, 4) is 0 Å². The number of nitrogens with one attached hydrogen (secondary N) is 1. The number of aliphatic imine (C=N–C) groups is 1. The second-order valence-electron chi connectivity index (χ2n) is 5.93. The SMILES string of the molecule is CCc1cccc(NC(N)=NCCOC2CCCCCC2)c1.I. The van der Waals surface area contributed by atoms with E-state index in [0.29, 0.717) is 25.2 Å². The number of halogens is 1. The predicted octanol–water partition coefficient (Wildman–Crippen LogP) is 4.33. The molecule has 4 nitrogen and oxygen atoms in total. The van der Waals surface area contributed by atoms with E-state index in [-0.39, 0.29) is 24.0 Å². The number of nitrogens with zero attached hydrogens (tertiary/aromatic N) is 1. The fourth-order valence-electron chi connectivity index (χ4n) is 2.85. The van der Waals surface area contributed by atoms with Gasteiger partial charge in [-0.05, 0) is 37.0 Å². The molecule has 1 aliphatic carbocycles. The number of benzene rings is 1. The Morgan fingerprint density at radius 2 is 2.00 bits per heavy atom. The first kappa shape index (κ1) is 20.2. The summed E-state index contributed by atoms with van der Waals surface area (Å²) in [7, 11) is 0. The number of anilines is 1. The first-order valence-corrected chi connectivity index (χ1v) is 8.55. The van der Waals surface area contributed by atoms with Gasteiger partial charge in [-0.3, -0.25) is 4.99 Å². The molecule has 0 amide bonds. The Bertz CT molecular complexity index is 471. The third-order valence-corrected chi connectivity index (χ3v) is 4.14. The highest BCUT2D eigenvalue weighted by atomic mass is 127. The van der Waals surface area contributed by atoms with Crippen LogP contribution in [0.2, 0.25) is 0 Å². The molecule has 0 aromatic heterocycles. The number of hydrogen-bond acceptors (Lipinski definition) is 2. The van der Waals surface area contributed by atoms with Gasteiger partial charge < -0.3 is 15.8 Å². The van der Waals surface area contributed by atoms with Gasteiger partial charge in [-0.2, -0.15) is 0 Å². The van der Waals surface area contributed by atoms with E-state index in [2.05, 4.69) is 29.4 Å². The molecule has 130 valence electrons. The van der Waals surface area contributed by atoms with E-state index in [9.17, 15) is 0 Å². The quantitative estimate of drug-likeness (QED) is 0.232. The molecule has 3 N–H and O–H groups in total. The molecule has 1 fully saturated rings. The molecule has 0 aliphatic heterocycles. The van der Waals surface area contributed by atoms with Crippen LogP contribution in [0.25, 0.3) is 0 Å². The maximum atomic E-state index is 5.92. The number of aryl methyl sites for hydroxylation is 1. The molecule has 5 heteroatoms. The molecule has 1 aromatic rings. The van der Waals surface area contributed by atoms with Crippen molar-refractivity contribution >= 4 is 35.6 Å². The molecule has 0 atom stereocenters. The summed E-state index contributed by atoms with van der Waals surface area (Å²) < 4.78 is 5.91. The number of rotatable bonds is 6. The van der Waals surface area contributed by atoms with Crippen molar-refractivity contribution in [3.63, 3.8) is 0 Å². The van der Waals surface area contributed by atoms with Crippen LogP contribution in [0.3, 0.4) is 0 Å². The summed E-state index contributed by atoms with van der Waals surface area (Å²) in [6, 6.07) is 8.25. The molecule has 0 heterocycles. The minimum atomic E-state index is 0. The summed E-state index contributed by atoms with van der Waals surface area (Å²) in [5, 5.41) is 3.14. The summed E-state index contributed by atoms with van der Waals surface area (Å²) in [6.07, 6.45) is 9.13. The van der Waals surface area contributed by atoms with Crippen LogP contribution in [0.5, 0.6) is 0 Å². The third kappa shape index (κ3) is 8.01. The van der Waals surface area contributed by atoms with Gasteiger partial charge in [-0.25, -0.2) is 0 Å². The zero-order valence-electron chi connectivity index (χ0n) is 14.1. The Morgan fingerprint density at radius 1 is 1.26 bits per heavy atom. The lowest BCUT2D eigenvalue weighted by atomic mass is 10.1. The Balaban J connectivity index is 0.00000264. The van der Waals surface area contributed by atoms with E-state index >= 15 is 0 Å². The molecule has 0 unspecified atom stereocenters. The van der Waals surface area contributed by atoms with Crippen molar-refractivity contribution in [1.82, 2.24) is 0 Å². The van der Waals surface area contributed by atoms with Crippen molar-refractivity contribution in [2.24, 2.45) is 10.7 Å². The van der Waals surface area contributed by atoms with E-state index in [0.717, 1.165) is 12.1 Å². The van der Waals surface area contributed by atoms with Crippen LogP contribution in [0.15, 0.2) is 29.3 Å². The lowest BCUT2D eigenvalue weighted by Crippen LogP contribution is -2.24. The first-order valence-electron chi connectivity index (χ1n) is 8.55. The Kier molecular flexibility index (Phi) is 10.3. The Hall–Kier alpha value is -0.820. The van der Waals surface area contributed by atoms with Crippen LogP contribution < -0.4 is 11.1 Å². The van der Waals surface area contributed by atoms with E-state index in [1.807, 2.05) is 12.1 Å². The van der Waals surface area contributed by atoms with Crippen LogP contribution in [-0.4, -0.2) is 25.2 Å². The maximum Gasteiger partial charge on any atom is 0.193 e. The Labute approximate surface area is 157 Å². The topological polar surface area (TPSA) is 59.6 Å². The van der Waals surface area contributed by atoms with Crippen molar-refractivity contribution in [3.05, 3.63) is 29.8 Å². The predicted molar refractivity (Wildman–Crippen MR) is 109 cm³/mol. The lowest BCUT2D eigenvalue weighted by Gasteiger charge is -2.14. The van der Waals surface area contributed by atoms with Gasteiger partial charge >= 0.3 is 0 Å². The van der Waals surface area contributed by atoms with Gasteiger partial charge in [-0.15, -0.1) is 24.0 Å². The zero-order chi connectivity index (χ0) is 15.6. The van der Waals surface area contributed by atoms with Crippen LogP contribution in [0.1, 0.15) is 51.0 Å². The summed E-state index contributed by atoms with van der Waals surface area (Å²) >= 11 is 0. The molecular formula is C18H30IN3O. The molecule has 1 aliphatic rings. The highest BCUT2D eigenvalue weighted by Gasteiger charge is 2.11. The van der Waals surface area contributed by atoms with Gasteiger partial charge in [0, 0.05) is 5.69 Å². The second-order valence-corrected chi connectivity index (χ2v) is 5.93. The van der Waals surface area contributed by atoms with Crippen molar-refractivity contribution in [2.75, 3.05) is 18.5 Å². The van der Waals surface area contributed by atoms with E-state index < -0.39 is 0 Å². The van der Waals surface area contributed by atoms with Crippen LogP contribution in [0.4, 0.5) is 5.69 Å². The fourth-order valence-corrected chi connectivity index (χ4v) is 2.85. The number of hydrogen-bond donors (Lipinski definition) is 2. The largest absolute Gasteiger partial charge is 0.376 e. The van der Waals surface area contributed by atoms with Gasteiger partial charge in [0.2, 0.25) is 0 Å². The molecule has 23 heavy (non-hydrogen) atoms. The highest BCUT2D eigenvalue weighted by molar-refractivity contribution is 14.0. The standard InChI is InChI=1S/C18H29N3O.HI/c1-2-15-8-7-9-16(14-15)21-18(19)20-12-13-22-17-10-5-3-4-6-11-17;/h7-9,14,17H,2-6,10-13H2,1H3,(H3,19,20,21);1H. The van der Waals surface area contributed by atoms with Crippen molar-refractivity contribution in [2.45, 2.75) is 58.0 Å². The number of ether oxygens (including phenoxy) is 1. The van der Waals surface area contributed by atoms with Crippen LogP contribution >= 0.6 is 24.0 Å². The molecule has 0 radical (unpaired) electrons. The van der Waals surface area contributed by atoms with Crippen LogP contribution in [-0.2, 0) is 11.2 Å². The van der Waals surface area contributed by atoms with E-state index in [1.54, 1.807) is 0 Å². The maximum absolute atomic E-state index is 5.92. The summed E-state index contributed by atoms with van der Waals surface area (Å²) in [5.41, 5.74) is 8.20. The van der Waals surface area contributed by atoms with Gasteiger partial charge in [-0.1, -0.05) is 44.7 Å². The fraction of sp³-hybridized carbons (Fsp3) is 0.611. The van der Waals surface area contributed by atoms with E-state index in [4.69, 9.17) is 10.5 Å². The number of nitrogens with two attached hydrogens (primary N) is 1. The minimum absolute atomic E-state index is 0. The second kappa shape index (κ2) is 11.7. The van der Waals surface area contributed by atoms with Gasteiger partial charge in [0.1, 0.15) is 0 Å². The molecule has 2 rings (SSSR count). The normalized spacial score (nSPS) is 16.5. The average Bonchev–Trinajstić information content (AvgIpc) is 2.80. The summed E-state index contributed by atoms with van der Waals surface area (Å²) in [5.74, 6) is 0.456. The monoisotopic (exact) mass is 431 g/mol. The minimum Gasteiger partial charge on any atom is -0.376 e. The molecule has 0 bridgehead atoms. The molecule has 1 aromatic carbocycles. The van der Waals surface area contributed by atoms with Crippen molar-refractivity contribution in [1.29, 1.82) is 0 Å². The summed E-state index contributed by atoms with van der Waals surface area (Å²) in [4.78, 5) is 4.34. The van der Waals surface area contributed by atoms with Gasteiger partial charge in [0.25, 0.3) is 0 Å². The average molecular weight is 431 g/mol. The smallest absolute Gasteiger partial charge is 0.193 e. The summed E-state index contributed by atoms with van der Waals surface area (Å²) in [6.45, 7) is 3.41. The third-order valence-electron chi connectivity index (χ3n) is 4.14. The zero-order valence-corrected chi connectivity index (χ0v) is 16.4. The lowest BCUT2D eigenvalue weighted by molar-refractivity contribution is 0.0487. The van der Waals surface area contributed by atoms with Gasteiger partial charge in [0.05, 0.1) is 19.3 Å². The highest BCUT2D eigenvalue weighted by Crippen LogP contribution is 2.19. The Morgan fingerprint density at radius 3 is 2.70 bits per heavy atom. The van der Waals surface area contributed by atoms with Crippen molar-refractivity contribution < 1.29 is 4.74 Å². The van der Waals surface area contributed by atoms with Gasteiger partial charge in [0.15, 0.2) is 5.96 Å². The van der Waals surface area contributed by atoms with E-state index in [1.165, 1.54) is 44.1 Å². The molecule has 1 saturated carbocycles. The van der Waals surface area contributed by atoms with Crippen LogP contribution in [0, 0.1) is 0 Å². The number of guanidine groups is 1. The molecular weight excluding hydrogens is 401 g/mol. The first-order chi connectivity index (χ1) is 10.8. The molecule has 0 spiro atoms.